The highest BCUT2D eigenvalue weighted by atomic mass is 16.4. The second-order valence-electron chi connectivity index (χ2n) is 5.88. The minimum Gasteiger partial charge on any atom is -0.481 e. The van der Waals surface area contributed by atoms with E-state index in [9.17, 15) is 4.79 Å². The number of unbranched alkanes of at least 4 members (excludes halogenated alkanes) is 1. The van der Waals surface area contributed by atoms with Crippen LogP contribution in [-0.2, 0) is 4.79 Å². The molecule has 0 unspecified atom stereocenters. The maximum absolute atomic E-state index is 10.9. The van der Waals surface area contributed by atoms with Crippen molar-refractivity contribution in [2.75, 3.05) is 0 Å². The predicted octanol–water partition coefficient (Wildman–Crippen LogP) is 4.09. The molecule has 0 heterocycles. The number of rotatable bonds is 5. The lowest BCUT2D eigenvalue weighted by atomic mass is 9.67. The summed E-state index contributed by atoms with van der Waals surface area (Å²) in [6, 6.07) is 0. The van der Waals surface area contributed by atoms with Crippen LogP contribution < -0.4 is 0 Å². The number of hydrogen-bond donors (Lipinski definition) is 1. The van der Waals surface area contributed by atoms with Gasteiger partial charge >= 0.3 is 5.97 Å². The molecule has 2 heteroatoms. The van der Waals surface area contributed by atoms with Crippen molar-refractivity contribution in [3.63, 3.8) is 0 Å². The van der Waals surface area contributed by atoms with Crippen molar-refractivity contribution in [2.24, 2.45) is 17.3 Å². The van der Waals surface area contributed by atoms with E-state index in [0.717, 1.165) is 12.8 Å². The molecule has 0 aromatic rings. The number of hydrogen-bond acceptors (Lipinski definition) is 1. The fourth-order valence-corrected chi connectivity index (χ4v) is 2.89. The number of carbonyl (C=O) groups is 1. The molecule has 0 bridgehead atoms. The van der Waals surface area contributed by atoms with E-state index in [1.165, 1.54) is 32.1 Å². The van der Waals surface area contributed by atoms with Crippen LogP contribution in [0, 0.1) is 17.3 Å². The molecular weight excluding hydrogens is 200 g/mol. The Morgan fingerprint density at radius 2 is 2.00 bits per heavy atom. The second-order valence-corrected chi connectivity index (χ2v) is 5.88. The molecule has 0 aromatic heterocycles. The van der Waals surface area contributed by atoms with Crippen molar-refractivity contribution < 1.29 is 9.90 Å². The summed E-state index contributed by atoms with van der Waals surface area (Å²) >= 11 is 0. The molecule has 94 valence electrons. The van der Waals surface area contributed by atoms with Crippen molar-refractivity contribution in [1.82, 2.24) is 0 Å². The van der Waals surface area contributed by atoms with Gasteiger partial charge in [-0.1, -0.05) is 33.6 Å². The molecule has 16 heavy (non-hydrogen) atoms. The normalized spacial score (nSPS) is 32.3. The van der Waals surface area contributed by atoms with Crippen LogP contribution in [0.25, 0.3) is 0 Å². The fourth-order valence-electron chi connectivity index (χ4n) is 2.89. The van der Waals surface area contributed by atoms with Gasteiger partial charge in [0.15, 0.2) is 0 Å². The first-order valence-corrected chi connectivity index (χ1v) is 6.71. The van der Waals surface area contributed by atoms with Crippen LogP contribution in [0.3, 0.4) is 0 Å². The molecule has 2 nitrogen and oxygen atoms in total. The maximum atomic E-state index is 10.9. The first kappa shape index (κ1) is 13.5. The Kier molecular flexibility index (Phi) is 4.82. The first-order chi connectivity index (χ1) is 7.48. The van der Waals surface area contributed by atoms with Crippen LogP contribution in [0.1, 0.15) is 65.7 Å². The topological polar surface area (TPSA) is 37.3 Å². The average molecular weight is 226 g/mol. The molecule has 1 fully saturated rings. The summed E-state index contributed by atoms with van der Waals surface area (Å²) in [6.07, 6.45) is 8.55. The highest BCUT2D eigenvalue weighted by Crippen LogP contribution is 2.44. The summed E-state index contributed by atoms with van der Waals surface area (Å²) in [5.41, 5.74) is 0.491. The van der Waals surface area contributed by atoms with Gasteiger partial charge in [0.05, 0.1) is 5.92 Å². The van der Waals surface area contributed by atoms with Gasteiger partial charge in [0.2, 0.25) is 0 Å². The second kappa shape index (κ2) is 5.70. The van der Waals surface area contributed by atoms with E-state index in [1.54, 1.807) is 0 Å². The first-order valence-electron chi connectivity index (χ1n) is 6.71. The summed E-state index contributed by atoms with van der Waals surface area (Å²) < 4.78 is 0. The zero-order valence-corrected chi connectivity index (χ0v) is 11.0. The molecule has 0 amide bonds. The van der Waals surface area contributed by atoms with Gasteiger partial charge in [0, 0.05) is 0 Å². The molecule has 0 saturated heterocycles. The van der Waals surface area contributed by atoms with Crippen molar-refractivity contribution in [1.29, 1.82) is 0 Å². The minimum absolute atomic E-state index is 0.157. The number of carboxylic acids is 1. The van der Waals surface area contributed by atoms with Crippen LogP contribution in [0.2, 0.25) is 0 Å². The van der Waals surface area contributed by atoms with Crippen molar-refractivity contribution in [3.05, 3.63) is 0 Å². The number of carboxylic acid groups (broad SMARTS) is 1. The van der Waals surface area contributed by atoms with Crippen LogP contribution >= 0.6 is 0 Å². The van der Waals surface area contributed by atoms with Gasteiger partial charge in [0.1, 0.15) is 0 Å². The molecular formula is C14H26O2. The molecule has 1 aliphatic carbocycles. The molecule has 1 aliphatic rings. The third-order valence-electron chi connectivity index (χ3n) is 4.47. The summed E-state index contributed by atoms with van der Waals surface area (Å²) in [7, 11) is 0. The van der Waals surface area contributed by atoms with Gasteiger partial charge in [-0.05, 0) is 43.4 Å². The van der Waals surface area contributed by atoms with Gasteiger partial charge in [-0.2, -0.15) is 0 Å². The van der Waals surface area contributed by atoms with E-state index < -0.39 is 5.97 Å². The standard InChI is InChI=1S/C14H26O2/c1-4-5-8-14(3)9-6-12(7-10-14)11(2)13(15)16/h11-12H,4-10H2,1-3H3,(H,15,16)/t11-,12-,14+/m0/s1. The Bertz CT molecular complexity index is 227. The van der Waals surface area contributed by atoms with Gasteiger partial charge < -0.3 is 5.11 Å². The van der Waals surface area contributed by atoms with Crippen molar-refractivity contribution >= 4 is 5.97 Å². The molecule has 1 rings (SSSR count). The van der Waals surface area contributed by atoms with E-state index in [-0.39, 0.29) is 5.92 Å². The van der Waals surface area contributed by atoms with Gasteiger partial charge in [-0.15, -0.1) is 0 Å². The Hall–Kier alpha value is -0.530. The highest BCUT2D eigenvalue weighted by Gasteiger charge is 2.34. The van der Waals surface area contributed by atoms with Gasteiger partial charge in [-0.25, -0.2) is 0 Å². The largest absolute Gasteiger partial charge is 0.481 e. The smallest absolute Gasteiger partial charge is 0.306 e. The molecule has 0 aromatic carbocycles. The zero-order valence-electron chi connectivity index (χ0n) is 11.0. The summed E-state index contributed by atoms with van der Waals surface area (Å²) in [5, 5.41) is 9.01. The Morgan fingerprint density at radius 3 is 2.44 bits per heavy atom. The highest BCUT2D eigenvalue weighted by molar-refractivity contribution is 5.69. The summed E-state index contributed by atoms with van der Waals surface area (Å²) in [6.45, 7) is 6.48. The Balaban J connectivity index is 2.41. The molecule has 0 spiro atoms. The van der Waals surface area contributed by atoms with Crippen LogP contribution in [-0.4, -0.2) is 11.1 Å². The predicted molar refractivity (Wildman–Crippen MR) is 66.4 cm³/mol. The summed E-state index contributed by atoms with van der Waals surface area (Å²) in [5.74, 6) is -0.370. The summed E-state index contributed by atoms with van der Waals surface area (Å²) in [4.78, 5) is 10.9. The van der Waals surface area contributed by atoms with Crippen LogP contribution in [0.15, 0.2) is 0 Å². The van der Waals surface area contributed by atoms with Crippen LogP contribution in [0.4, 0.5) is 0 Å². The van der Waals surface area contributed by atoms with Crippen LogP contribution in [0.5, 0.6) is 0 Å². The third kappa shape index (κ3) is 3.50. The zero-order chi connectivity index (χ0) is 12.2. The van der Waals surface area contributed by atoms with Crippen molar-refractivity contribution in [2.45, 2.75) is 65.7 Å². The quantitative estimate of drug-likeness (QED) is 0.766. The maximum Gasteiger partial charge on any atom is 0.306 e. The Labute approximate surface area is 99.4 Å². The molecule has 1 N–H and O–H groups in total. The van der Waals surface area contributed by atoms with E-state index in [1.807, 2.05) is 6.92 Å². The molecule has 1 saturated carbocycles. The lowest BCUT2D eigenvalue weighted by Gasteiger charge is -2.38. The van der Waals surface area contributed by atoms with E-state index >= 15 is 0 Å². The van der Waals surface area contributed by atoms with E-state index in [0.29, 0.717) is 11.3 Å². The molecule has 1 atom stereocenters. The van der Waals surface area contributed by atoms with E-state index in [2.05, 4.69) is 13.8 Å². The Morgan fingerprint density at radius 1 is 1.44 bits per heavy atom. The monoisotopic (exact) mass is 226 g/mol. The lowest BCUT2D eigenvalue weighted by Crippen LogP contribution is -2.30. The average Bonchev–Trinajstić information content (AvgIpc) is 2.26. The molecule has 0 radical (unpaired) electrons. The lowest BCUT2D eigenvalue weighted by molar-refractivity contribution is -0.143. The van der Waals surface area contributed by atoms with Gasteiger partial charge in [-0.3, -0.25) is 4.79 Å². The fraction of sp³-hybridized carbons (Fsp3) is 0.929. The number of aliphatic carboxylic acids is 1. The SMILES string of the molecule is CCCC[C@]1(C)CC[C@H]([C@H](C)C(=O)O)CC1. The van der Waals surface area contributed by atoms with Gasteiger partial charge in [0.25, 0.3) is 0 Å². The van der Waals surface area contributed by atoms with Crippen molar-refractivity contribution in [3.8, 4) is 0 Å². The third-order valence-corrected chi connectivity index (χ3v) is 4.47. The molecule has 0 aliphatic heterocycles. The minimum atomic E-state index is -0.623. The van der Waals surface area contributed by atoms with E-state index in [4.69, 9.17) is 5.11 Å².